The molecular weight excluding hydrogens is 396 g/mol. The highest BCUT2D eigenvalue weighted by Gasteiger charge is 2.48. The van der Waals surface area contributed by atoms with Gasteiger partial charge in [-0.05, 0) is 0 Å². The lowest BCUT2D eigenvalue weighted by atomic mass is 10.1. The van der Waals surface area contributed by atoms with Crippen molar-refractivity contribution in [1.29, 1.82) is 0 Å². The smallest absolute Gasteiger partial charge is 0.308 e. The van der Waals surface area contributed by atoms with Crippen LogP contribution in [0.2, 0.25) is 0 Å². The summed E-state index contributed by atoms with van der Waals surface area (Å²) in [6, 6.07) is 0. The van der Waals surface area contributed by atoms with Crippen LogP contribution in [-0.4, -0.2) is 68.6 Å². The van der Waals surface area contributed by atoms with E-state index in [9.17, 15) is 14.7 Å². The van der Waals surface area contributed by atoms with Crippen LogP contribution in [0, 0.1) is 11.8 Å². The molecule has 0 aliphatic carbocycles. The predicted molar refractivity (Wildman–Crippen MR) is 102 cm³/mol. The van der Waals surface area contributed by atoms with Crippen molar-refractivity contribution in [3.05, 3.63) is 12.7 Å². The number of aliphatic hydroxyl groups is 1. The number of carbonyl (C=O) groups excluding carboxylic acids is 2. The van der Waals surface area contributed by atoms with Crippen LogP contribution in [0.15, 0.2) is 12.7 Å². The summed E-state index contributed by atoms with van der Waals surface area (Å²) >= 11 is 0. The monoisotopic (exact) mass is 422 g/mol. The number of aliphatic hydroxyl groups excluding tert-OH is 1. The van der Waals surface area contributed by atoms with Gasteiger partial charge in [-0.2, -0.15) is 4.98 Å². The molecule has 1 N–H and O–H groups in total. The van der Waals surface area contributed by atoms with Gasteiger partial charge in [0, 0.05) is 0 Å². The lowest BCUT2D eigenvalue weighted by molar-refractivity contribution is -0.164. The summed E-state index contributed by atoms with van der Waals surface area (Å²) in [7, 11) is 1.46. The zero-order chi connectivity index (χ0) is 22.0. The number of nitrogens with zero attached hydrogens (tertiary/aromatic N) is 4. The molecule has 2 aromatic heterocycles. The maximum Gasteiger partial charge on any atom is 0.308 e. The Morgan fingerprint density at radius 3 is 2.50 bits per heavy atom. The summed E-state index contributed by atoms with van der Waals surface area (Å²) in [6.07, 6.45) is -1.38. The van der Waals surface area contributed by atoms with Crippen molar-refractivity contribution in [2.24, 2.45) is 11.8 Å². The first kappa shape index (κ1) is 21.9. The van der Waals surface area contributed by atoms with Gasteiger partial charge in [-0.1, -0.05) is 27.7 Å². The largest absolute Gasteiger partial charge is 0.479 e. The summed E-state index contributed by atoms with van der Waals surface area (Å²) in [5.74, 6) is -1.37. The van der Waals surface area contributed by atoms with Gasteiger partial charge in [0.25, 0.3) is 0 Å². The van der Waals surface area contributed by atoms with Crippen LogP contribution in [0.4, 0.5) is 0 Å². The molecule has 0 spiro atoms. The van der Waals surface area contributed by atoms with Gasteiger partial charge in [-0.25, -0.2) is 9.97 Å². The van der Waals surface area contributed by atoms with E-state index in [0.29, 0.717) is 11.2 Å². The Labute approximate surface area is 173 Å². The average molecular weight is 422 g/mol. The molecule has 0 saturated carbocycles. The standard InChI is InChI=1S/C19H26N4O7/c1-9(2)18(25)28-6-11-14(30-19(26)10(3)4)13(24)17(29-11)23-8-22-12-15(23)20-7-21-16(12)27-5/h7-11,13-14,17,24H,6H2,1-5H3. The molecule has 11 nitrogen and oxygen atoms in total. The molecule has 30 heavy (non-hydrogen) atoms. The molecule has 1 aliphatic heterocycles. The van der Waals surface area contributed by atoms with Crippen LogP contribution in [0.3, 0.4) is 0 Å². The van der Waals surface area contributed by atoms with E-state index in [-0.39, 0.29) is 18.4 Å². The minimum absolute atomic E-state index is 0.175. The molecule has 1 aliphatic rings. The number of carbonyl (C=O) groups is 2. The van der Waals surface area contributed by atoms with Gasteiger partial charge in [0.15, 0.2) is 23.5 Å². The van der Waals surface area contributed by atoms with E-state index in [0.717, 1.165) is 0 Å². The number of ether oxygens (including phenoxy) is 4. The van der Waals surface area contributed by atoms with E-state index < -0.39 is 42.4 Å². The fraction of sp³-hybridized carbons (Fsp3) is 0.632. The van der Waals surface area contributed by atoms with Crippen molar-refractivity contribution in [3.63, 3.8) is 0 Å². The van der Waals surface area contributed by atoms with E-state index in [2.05, 4.69) is 15.0 Å². The number of fused-ring (bicyclic) bond motifs is 1. The molecule has 3 rings (SSSR count). The maximum absolute atomic E-state index is 12.2. The lowest BCUT2D eigenvalue weighted by Crippen LogP contribution is -2.39. The Hall–Kier alpha value is -2.79. The Morgan fingerprint density at radius 2 is 1.87 bits per heavy atom. The topological polar surface area (TPSA) is 135 Å². The Bertz CT molecular complexity index is 913. The van der Waals surface area contributed by atoms with Crippen molar-refractivity contribution in [3.8, 4) is 5.88 Å². The molecule has 2 aromatic rings. The van der Waals surface area contributed by atoms with Gasteiger partial charge < -0.3 is 24.1 Å². The predicted octanol–water partition coefficient (Wildman–Crippen LogP) is 0.860. The summed E-state index contributed by atoms with van der Waals surface area (Å²) in [5, 5.41) is 10.9. The van der Waals surface area contributed by atoms with Crippen LogP contribution in [-0.2, 0) is 23.8 Å². The second-order valence-electron chi connectivity index (χ2n) is 7.60. The van der Waals surface area contributed by atoms with Gasteiger partial charge in [0.1, 0.15) is 25.1 Å². The summed E-state index contributed by atoms with van der Waals surface area (Å²) in [6.45, 7) is 6.60. The van der Waals surface area contributed by atoms with Crippen LogP contribution in [0.5, 0.6) is 5.88 Å². The second-order valence-corrected chi connectivity index (χ2v) is 7.60. The van der Waals surface area contributed by atoms with Crippen LogP contribution < -0.4 is 4.74 Å². The third-order valence-electron chi connectivity index (χ3n) is 4.69. The van der Waals surface area contributed by atoms with Crippen LogP contribution in [0.1, 0.15) is 33.9 Å². The Kier molecular flexibility index (Phi) is 6.52. The first-order valence-electron chi connectivity index (χ1n) is 9.66. The number of hydrogen-bond donors (Lipinski definition) is 1. The minimum atomic E-state index is -1.24. The molecule has 1 saturated heterocycles. The minimum Gasteiger partial charge on any atom is -0.479 e. The SMILES string of the molecule is COc1ncnc2c1ncn2C1OC(COC(=O)C(C)C)C(OC(=O)C(C)C)C1O. The zero-order valence-corrected chi connectivity index (χ0v) is 17.5. The molecule has 0 aromatic carbocycles. The summed E-state index contributed by atoms with van der Waals surface area (Å²) < 4.78 is 23.4. The highest BCUT2D eigenvalue weighted by molar-refractivity contribution is 5.76. The third-order valence-corrected chi connectivity index (χ3v) is 4.69. The van der Waals surface area contributed by atoms with E-state index in [1.54, 1.807) is 27.7 Å². The maximum atomic E-state index is 12.2. The van der Waals surface area contributed by atoms with E-state index in [4.69, 9.17) is 18.9 Å². The normalized spacial score (nSPS) is 23.9. The van der Waals surface area contributed by atoms with Gasteiger partial charge in [0.05, 0.1) is 25.3 Å². The number of esters is 2. The number of imidazole rings is 1. The second kappa shape index (κ2) is 8.92. The highest BCUT2D eigenvalue weighted by Crippen LogP contribution is 2.34. The number of aromatic nitrogens is 4. The molecule has 3 heterocycles. The highest BCUT2D eigenvalue weighted by atomic mass is 16.6. The van der Waals surface area contributed by atoms with Gasteiger partial charge in [-0.15, -0.1) is 0 Å². The first-order chi connectivity index (χ1) is 14.2. The number of methoxy groups -OCH3 is 1. The molecule has 11 heteroatoms. The number of hydrogen-bond acceptors (Lipinski definition) is 10. The quantitative estimate of drug-likeness (QED) is 0.640. The molecule has 0 radical (unpaired) electrons. The molecule has 0 amide bonds. The van der Waals surface area contributed by atoms with Crippen molar-refractivity contribution >= 4 is 23.1 Å². The fourth-order valence-electron chi connectivity index (χ4n) is 3.00. The fourth-order valence-corrected chi connectivity index (χ4v) is 3.00. The molecule has 1 fully saturated rings. The van der Waals surface area contributed by atoms with E-state index in [1.807, 2.05) is 0 Å². The summed E-state index contributed by atoms with van der Waals surface area (Å²) in [4.78, 5) is 36.5. The first-order valence-corrected chi connectivity index (χ1v) is 9.66. The van der Waals surface area contributed by atoms with Gasteiger partial charge in [0.2, 0.25) is 5.88 Å². The molecule has 164 valence electrons. The van der Waals surface area contributed by atoms with E-state index >= 15 is 0 Å². The van der Waals surface area contributed by atoms with Crippen LogP contribution >= 0.6 is 0 Å². The molecule has 4 atom stereocenters. The van der Waals surface area contributed by atoms with Crippen molar-refractivity contribution in [2.45, 2.75) is 52.2 Å². The Balaban J connectivity index is 1.89. The van der Waals surface area contributed by atoms with E-state index in [1.165, 1.54) is 24.3 Å². The molecular formula is C19H26N4O7. The van der Waals surface area contributed by atoms with Gasteiger partial charge >= 0.3 is 11.9 Å². The lowest BCUT2D eigenvalue weighted by Gasteiger charge is -2.22. The Morgan fingerprint density at radius 1 is 1.17 bits per heavy atom. The molecule has 0 bridgehead atoms. The van der Waals surface area contributed by atoms with Crippen molar-refractivity contribution in [1.82, 2.24) is 19.5 Å². The number of rotatable bonds is 7. The van der Waals surface area contributed by atoms with Crippen LogP contribution in [0.25, 0.3) is 11.2 Å². The van der Waals surface area contributed by atoms with Crippen molar-refractivity contribution in [2.75, 3.05) is 13.7 Å². The average Bonchev–Trinajstić information content (AvgIpc) is 3.27. The molecule has 4 unspecified atom stereocenters. The van der Waals surface area contributed by atoms with Gasteiger partial charge in [-0.3, -0.25) is 14.2 Å². The summed E-state index contributed by atoms with van der Waals surface area (Å²) in [5.41, 5.74) is 0.765. The third kappa shape index (κ3) is 4.21. The van der Waals surface area contributed by atoms with Crippen molar-refractivity contribution < 1.29 is 33.6 Å². The zero-order valence-electron chi connectivity index (χ0n) is 17.5.